The van der Waals surface area contributed by atoms with Crippen molar-refractivity contribution >= 4 is 45.7 Å². The van der Waals surface area contributed by atoms with Gasteiger partial charge in [0, 0.05) is 5.56 Å². The molecule has 2 heterocycles. The number of imide groups is 1. The van der Waals surface area contributed by atoms with Crippen molar-refractivity contribution in [1.29, 1.82) is 5.26 Å². The molecule has 1 aromatic heterocycles. The van der Waals surface area contributed by atoms with Crippen molar-refractivity contribution in [3.63, 3.8) is 0 Å². The van der Waals surface area contributed by atoms with Gasteiger partial charge in [-0.05, 0) is 55.8 Å². The Hall–Kier alpha value is -4.29. The number of nitrogens with zero attached hydrogens (tertiary/aromatic N) is 2. The maximum absolute atomic E-state index is 12.8. The standard InChI is InChI=1S/C24H17N3O5S/c1-3-32-24(31)19-13(2)18(12-25)21(33-19)26-20(28)14-8-10-15(11-9-14)27-22(29)16-6-4-5-7-17(16)23(27)30/h4-11H,3H2,1-2H3,(H,26,28). The number of esters is 1. The Kier molecular flexibility index (Phi) is 5.77. The zero-order chi connectivity index (χ0) is 23.7. The highest BCUT2D eigenvalue weighted by Gasteiger charge is 2.36. The maximum atomic E-state index is 12.8. The van der Waals surface area contributed by atoms with E-state index in [1.165, 1.54) is 24.3 Å². The summed E-state index contributed by atoms with van der Waals surface area (Å²) in [5.41, 5.74) is 1.89. The third-order valence-electron chi connectivity index (χ3n) is 5.13. The highest BCUT2D eigenvalue weighted by molar-refractivity contribution is 7.18. The Morgan fingerprint density at radius 2 is 1.67 bits per heavy atom. The molecule has 3 aromatic rings. The second-order valence-corrected chi connectivity index (χ2v) is 8.11. The fourth-order valence-corrected chi connectivity index (χ4v) is 4.53. The molecular weight excluding hydrogens is 442 g/mol. The number of ether oxygens (including phenoxy) is 1. The van der Waals surface area contributed by atoms with Gasteiger partial charge in [-0.1, -0.05) is 12.1 Å². The van der Waals surface area contributed by atoms with Crippen molar-refractivity contribution in [3.8, 4) is 6.07 Å². The predicted octanol–water partition coefficient (Wildman–Crippen LogP) is 4.16. The Balaban J connectivity index is 1.55. The first-order valence-corrected chi connectivity index (χ1v) is 10.8. The normalized spacial score (nSPS) is 12.3. The monoisotopic (exact) mass is 459 g/mol. The third-order valence-corrected chi connectivity index (χ3v) is 6.32. The molecule has 0 spiro atoms. The van der Waals surface area contributed by atoms with E-state index in [4.69, 9.17) is 4.74 Å². The van der Waals surface area contributed by atoms with E-state index in [9.17, 15) is 24.4 Å². The lowest BCUT2D eigenvalue weighted by Gasteiger charge is -2.14. The minimum Gasteiger partial charge on any atom is -0.462 e. The van der Waals surface area contributed by atoms with Crippen LogP contribution in [0, 0.1) is 18.3 Å². The van der Waals surface area contributed by atoms with Crippen molar-refractivity contribution in [2.45, 2.75) is 13.8 Å². The van der Waals surface area contributed by atoms with Gasteiger partial charge >= 0.3 is 5.97 Å². The topological polar surface area (TPSA) is 117 Å². The quantitative estimate of drug-likeness (QED) is 0.452. The molecular formula is C24H17N3O5S. The van der Waals surface area contributed by atoms with Gasteiger partial charge < -0.3 is 10.1 Å². The molecule has 4 rings (SSSR count). The van der Waals surface area contributed by atoms with E-state index < -0.39 is 23.7 Å². The summed E-state index contributed by atoms with van der Waals surface area (Å²) in [6.07, 6.45) is 0. The lowest BCUT2D eigenvalue weighted by Crippen LogP contribution is -2.29. The summed E-state index contributed by atoms with van der Waals surface area (Å²) < 4.78 is 5.00. The summed E-state index contributed by atoms with van der Waals surface area (Å²) >= 11 is 0.972. The minimum atomic E-state index is -0.553. The average Bonchev–Trinajstić information content (AvgIpc) is 3.27. The van der Waals surface area contributed by atoms with Gasteiger partial charge in [0.1, 0.15) is 15.9 Å². The molecule has 1 N–H and O–H groups in total. The molecule has 164 valence electrons. The number of thiophene rings is 1. The number of hydrogen-bond acceptors (Lipinski definition) is 7. The summed E-state index contributed by atoms with van der Waals surface area (Å²) in [5.74, 6) is -1.90. The Morgan fingerprint density at radius 3 is 2.21 bits per heavy atom. The number of benzene rings is 2. The van der Waals surface area contributed by atoms with Crippen molar-refractivity contribution in [1.82, 2.24) is 0 Å². The number of nitrogens with one attached hydrogen (secondary N) is 1. The molecule has 0 saturated carbocycles. The van der Waals surface area contributed by atoms with Crippen molar-refractivity contribution < 1.29 is 23.9 Å². The van der Waals surface area contributed by atoms with E-state index in [1.54, 1.807) is 38.1 Å². The number of hydrogen-bond donors (Lipinski definition) is 1. The van der Waals surface area contributed by atoms with E-state index in [-0.39, 0.29) is 27.6 Å². The molecule has 0 radical (unpaired) electrons. The zero-order valence-corrected chi connectivity index (χ0v) is 18.5. The first kappa shape index (κ1) is 21.9. The summed E-state index contributed by atoms with van der Waals surface area (Å²) in [4.78, 5) is 51.5. The fraction of sp³-hybridized carbons (Fsp3) is 0.125. The van der Waals surface area contributed by atoms with Crippen LogP contribution < -0.4 is 10.2 Å². The van der Waals surface area contributed by atoms with Gasteiger partial charge in [-0.15, -0.1) is 11.3 Å². The molecule has 0 fully saturated rings. The maximum Gasteiger partial charge on any atom is 0.348 e. The molecule has 0 bridgehead atoms. The van der Waals surface area contributed by atoms with Crippen LogP contribution in [0.5, 0.6) is 0 Å². The van der Waals surface area contributed by atoms with E-state index >= 15 is 0 Å². The van der Waals surface area contributed by atoms with Gasteiger partial charge in [0.15, 0.2) is 0 Å². The molecule has 1 aliphatic rings. The van der Waals surface area contributed by atoms with Gasteiger partial charge in [-0.2, -0.15) is 5.26 Å². The lowest BCUT2D eigenvalue weighted by molar-refractivity contribution is 0.0531. The number of anilines is 2. The SMILES string of the molecule is CCOC(=O)c1sc(NC(=O)c2ccc(N3C(=O)c4ccccc4C3=O)cc2)c(C#N)c1C. The summed E-state index contributed by atoms with van der Waals surface area (Å²) in [7, 11) is 0. The van der Waals surface area contributed by atoms with E-state index in [0.717, 1.165) is 16.2 Å². The highest BCUT2D eigenvalue weighted by Crippen LogP contribution is 2.34. The number of fused-ring (bicyclic) bond motifs is 1. The highest BCUT2D eigenvalue weighted by atomic mass is 32.1. The molecule has 0 saturated heterocycles. The average molecular weight is 459 g/mol. The van der Waals surface area contributed by atoms with Crippen molar-refractivity contribution in [3.05, 3.63) is 81.2 Å². The minimum absolute atomic E-state index is 0.194. The molecule has 1 aliphatic heterocycles. The second-order valence-electron chi connectivity index (χ2n) is 7.08. The lowest BCUT2D eigenvalue weighted by atomic mass is 10.1. The predicted molar refractivity (Wildman–Crippen MR) is 122 cm³/mol. The van der Waals surface area contributed by atoms with E-state index in [2.05, 4.69) is 5.32 Å². The molecule has 8 nitrogen and oxygen atoms in total. The first-order chi connectivity index (χ1) is 15.9. The van der Waals surface area contributed by atoms with Gasteiger partial charge in [0.05, 0.1) is 29.0 Å². The van der Waals surface area contributed by atoms with Crippen LogP contribution in [0.2, 0.25) is 0 Å². The first-order valence-electron chi connectivity index (χ1n) is 9.97. The van der Waals surface area contributed by atoms with Crippen LogP contribution in [-0.4, -0.2) is 30.3 Å². The molecule has 33 heavy (non-hydrogen) atoms. The number of carbonyl (C=O) groups excluding carboxylic acids is 4. The Bertz CT molecular complexity index is 1320. The van der Waals surface area contributed by atoms with Crippen LogP contribution in [0.15, 0.2) is 48.5 Å². The van der Waals surface area contributed by atoms with Gasteiger partial charge in [0.2, 0.25) is 0 Å². The second kappa shape index (κ2) is 8.68. The largest absolute Gasteiger partial charge is 0.462 e. The number of carbonyl (C=O) groups is 4. The van der Waals surface area contributed by atoms with Crippen LogP contribution in [0.25, 0.3) is 0 Å². The van der Waals surface area contributed by atoms with Crippen LogP contribution in [0.3, 0.4) is 0 Å². The van der Waals surface area contributed by atoms with Crippen LogP contribution >= 0.6 is 11.3 Å². The van der Waals surface area contributed by atoms with Gasteiger partial charge in [-0.25, -0.2) is 9.69 Å². The molecule has 9 heteroatoms. The summed E-state index contributed by atoms with van der Waals surface area (Å²) in [5, 5.41) is 12.4. The smallest absolute Gasteiger partial charge is 0.348 e. The van der Waals surface area contributed by atoms with Gasteiger partial charge in [0.25, 0.3) is 17.7 Å². The number of amides is 3. The fourth-order valence-electron chi connectivity index (χ4n) is 3.49. The summed E-state index contributed by atoms with van der Waals surface area (Å²) in [6, 6.07) is 14.5. The molecule has 0 aliphatic carbocycles. The van der Waals surface area contributed by atoms with Crippen molar-refractivity contribution in [2.75, 3.05) is 16.8 Å². The molecule has 0 atom stereocenters. The summed E-state index contributed by atoms with van der Waals surface area (Å²) in [6.45, 7) is 3.49. The zero-order valence-electron chi connectivity index (χ0n) is 17.7. The van der Waals surface area contributed by atoms with Crippen molar-refractivity contribution in [2.24, 2.45) is 0 Å². The molecule has 2 aromatic carbocycles. The van der Waals surface area contributed by atoms with E-state index in [1.807, 2.05) is 6.07 Å². The molecule has 0 unspecified atom stereocenters. The van der Waals surface area contributed by atoms with Crippen LogP contribution in [0.4, 0.5) is 10.7 Å². The Labute approximate surface area is 193 Å². The van der Waals surface area contributed by atoms with Gasteiger partial charge in [-0.3, -0.25) is 14.4 Å². The van der Waals surface area contributed by atoms with Crippen LogP contribution in [0.1, 0.15) is 58.8 Å². The third kappa shape index (κ3) is 3.77. The Morgan fingerprint density at radius 1 is 1.06 bits per heavy atom. The molecule has 3 amide bonds. The van der Waals surface area contributed by atoms with E-state index in [0.29, 0.717) is 22.4 Å². The number of rotatable bonds is 5. The van der Waals surface area contributed by atoms with Crippen LogP contribution in [-0.2, 0) is 4.74 Å². The number of nitriles is 1.